The standard InChI is InChI=1S/C11H7BrN2S/c12-9-3-1-8(2-4-9)10-7-14-6-5-13-11(14)15-10/h1-7H. The first-order valence-corrected chi connectivity index (χ1v) is 6.12. The number of hydrogen-bond acceptors (Lipinski definition) is 2. The molecule has 0 saturated heterocycles. The van der Waals surface area contributed by atoms with Gasteiger partial charge in [0.2, 0.25) is 0 Å². The van der Waals surface area contributed by atoms with Gasteiger partial charge in [0.05, 0.1) is 4.88 Å². The molecule has 2 aromatic heterocycles. The lowest BCUT2D eigenvalue weighted by Crippen LogP contribution is -1.73. The van der Waals surface area contributed by atoms with Gasteiger partial charge in [0.15, 0.2) is 4.96 Å². The highest BCUT2D eigenvalue weighted by molar-refractivity contribution is 9.10. The van der Waals surface area contributed by atoms with Crippen molar-refractivity contribution in [1.29, 1.82) is 0 Å². The Morgan fingerprint density at radius 2 is 2.00 bits per heavy atom. The Kier molecular flexibility index (Phi) is 2.11. The van der Waals surface area contributed by atoms with E-state index < -0.39 is 0 Å². The van der Waals surface area contributed by atoms with Gasteiger partial charge >= 0.3 is 0 Å². The summed E-state index contributed by atoms with van der Waals surface area (Å²) in [5, 5.41) is 0. The maximum Gasteiger partial charge on any atom is 0.194 e. The minimum absolute atomic E-state index is 1.04. The Bertz CT molecular complexity index is 566. The molecular formula is C11H7BrN2S. The molecule has 0 atom stereocenters. The normalized spacial score (nSPS) is 11.0. The molecule has 15 heavy (non-hydrogen) atoms. The molecule has 0 aliphatic rings. The maximum atomic E-state index is 4.25. The lowest BCUT2D eigenvalue weighted by Gasteiger charge is -1.95. The summed E-state index contributed by atoms with van der Waals surface area (Å²) >= 11 is 5.13. The summed E-state index contributed by atoms with van der Waals surface area (Å²) < 4.78 is 3.15. The second kappa shape index (κ2) is 3.47. The van der Waals surface area contributed by atoms with Gasteiger partial charge in [0.1, 0.15) is 0 Å². The van der Waals surface area contributed by atoms with Crippen molar-refractivity contribution < 1.29 is 0 Å². The molecule has 0 fully saturated rings. The molecule has 3 rings (SSSR count). The fourth-order valence-corrected chi connectivity index (χ4v) is 2.69. The molecule has 0 aliphatic carbocycles. The molecule has 0 aliphatic heterocycles. The van der Waals surface area contributed by atoms with Gasteiger partial charge in [-0.1, -0.05) is 39.4 Å². The Morgan fingerprint density at radius 1 is 1.20 bits per heavy atom. The number of imidazole rings is 1. The minimum Gasteiger partial charge on any atom is -0.297 e. The predicted octanol–water partition coefficient (Wildman–Crippen LogP) is 3.83. The average Bonchev–Trinajstić information content (AvgIpc) is 2.78. The van der Waals surface area contributed by atoms with Crippen LogP contribution in [0.1, 0.15) is 0 Å². The van der Waals surface area contributed by atoms with E-state index in [9.17, 15) is 0 Å². The number of thiazole rings is 1. The molecule has 1 aromatic carbocycles. The zero-order chi connectivity index (χ0) is 10.3. The van der Waals surface area contributed by atoms with Crippen molar-refractivity contribution in [3.05, 3.63) is 47.3 Å². The summed E-state index contributed by atoms with van der Waals surface area (Å²) in [7, 11) is 0. The second-order valence-corrected chi connectivity index (χ2v) is 5.14. The zero-order valence-electron chi connectivity index (χ0n) is 7.72. The number of nitrogens with zero attached hydrogens (tertiary/aromatic N) is 2. The van der Waals surface area contributed by atoms with E-state index in [1.165, 1.54) is 10.4 Å². The van der Waals surface area contributed by atoms with E-state index in [0.717, 1.165) is 9.43 Å². The molecule has 0 saturated carbocycles. The van der Waals surface area contributed by atoms with Crippen LogP contribution < -0.4 is 0 Å². The molecule has 3 aromatic rings. The van der Waals surface area contributed by atoms with E-state index in [2.05, 4.69) is 51.4 Å². The number of fused-ring (bicyclic) bond motifs is 1. The summed E-state index contributed by atoms with van der Waals surface area (Å²) in [6, 6.07) is 8.32. The highest BCUT2D eigenvalue weighted by atomic mass is 79.9. The van der Waals surface area contributed by atoms with Crippen LogP contribution in [0.25, 0.3) is 15.4 Å². The summed E-state index contributed by atoms with van der Waals surface area (Å²) in [4.78, 5) is 6.53. The monoisotopic (exact) mass is 278 g/mol. The van der Waals surface area contributed by atoms with Crippen LogP contribution in [0.5, 0.6) is 0 Å². The summed E-state index contributed by atoms with van der Waals surface area (Å²) in [6.07, 6.45) is 5.89. The van der Waals surface area contributed by atoms with E-state index in [1.807, 2.05) is 16.8 Å². The largest absolute Gasteiger partial charge is 0.297 e. The second-order valence-electron chi connectivity index (χ2n) is 3.22. The minimum atomic E-state index is 1.04. The van der Waals surface area contributed by atoms with Crippen LogP contribution >= 0.6 is 27.3 Å². The number of rotatable bonds is 1. The fraction of sp³-hybridized carbons (Fsp3) is 0. The first kappa shape index (κ1) is 9.12. The van der Waals surface area contributed by atoms with Gasteiger partial charge in [-0.2, -0.15) is 0 Å². The van der Waals surface area contributed by atoms with Crippen LogP contribution in [0.4, 0.5) is 0 Å². The molecule has 2 heterocycles. The van der Waals surface area contributed by atoms with E-state index in [1.54, 1.807) is 11.3 Å². The van der Waals surface area contributed by atoms with Crippen LogP contribution in [0.15, 0.2) is 47.3 Å². The first-order valence-electron chi connectivity index (χ1n) is 4.51. The third-order valence-corrected chi connectivity index (χ3v) is 3.81. The van der Waals surface area contributed by atoms with E-state index in [0.29, 0.717) is 0 Å². The summed E-state index contributed by atoms with van der Waals surface area (Å²) in [5.41, 5.74) is 1.23. The highest BCUT2D eigenvalue weighted by Crippen LogP contribution is 2.28. The third-order valence-electron chi connectivity index (χ3n) is 2.22. The molecule has 4 heteroatoms. The van der Waals surface area contributed by atoms with Crippen molar-refractivity contribution in [2.75, 3.05) is 0 Å². The van der Waals surface area contributed by atoms with Gasteiger partial charge in [-0.3, -0.25) is 4.40 Å². The predicted molar refractivity (Wildman–Crippen MR) is 66.2 cm³/mol. The highest BCUT2D eigenvalue weighted by Gasteiger charge is 2.03. The van der Waals surface area contributed by atoms with Crippen molar-refractivity contribution >= 4 is 32.2 Å². The first-order chi connectivity index (χ1) is 7.33. The SMILES string of the molecule is Brc1ccc(-c2cn3ccnc3s2)cc1. The molecule has 0 radical (unpaired) electrons. The topological polar surface area (TPSA) is 17.3 Å². The van der Waals surface area contributed by atoms with Crippen molar-refractivity contribution in [3.8, 4) is 10.4 Å². The fourth-order valence-electron chi connectivity index (χ4n) is 1.48. The van der Waals surface area contributed by atoms with Crippen LogP contribution in [-0.4, -0.2) is 9.38 Å². The van der Waals surface area contributed by atoms with E-state index in [-0.39, 0.29) is 0 Å². The molecule has 2 nitrogen and oxygen atoms in total. The molecular weight excluding hydrogens is 272 g/mol. The molecule has 74 valence electrons. The third kappa shape index (κ3) is 1.60. The summed E-state index contributed by atoms with van der Waals surface area (Å²) in [6.45, 7) is 0. The smallest absolute Gasteiger partial charge is 0.194 e. The zero-order valence-corrected chi connectivity index (χ0v) is 10.1. The maximum absolute atomic E-state index is 4.25. The molecule has 0 N–H and O–H groups in total. The van der Waals surface area contributed by atoms with Crippen molar-refractivity contribution in [3.63, 3.8) is 0 Å². The van der Waals surface area contributed by atoms with Gasteiger partial charge in [-0.05, 0) is 17.7 Å². The number of benzene rings is 1. The van der Waals surface area contributed by atoms with Gasteiger partial charge in [-0.25, -0.2) is 4.98 Å². The number of aromatic nitrogens is 2. The molecule has 0 amide bonds. The van der Waals surface area contributed by atoms with Gasteiger partial charge < -0.3 is 0 Å². The number of halogens is 1. The Hall–Kier alpha value is -1.13. The van der Waals surface area contributed by atoms with Crippen LogP contribution in [0.2, 0.25) is 0 Å². The molecule has 0 unspecified atom stereocenters. The van der Waals surface area contributed by atoms with Crippen molar-refractivity contribution in [1.82, 2.24) is 9.38 Å². The van der Waals surface area contributed by atoms with Crippen LogP contribution in [0, 0.1) is 0 Å². The average molecular weight is 279 g/mol. The van der Waals surface area contributed by atoms with Gasteiger partial charge in [-0.15, -0.1) is 0 Å². The van der Waals surface area contributed by atoms with Crippen molar-refractivity contribution in [2.45, 2.75) is 0 Å². The quantitative estimate of drug-likeness (QED) is 0.661. The number of hydrogen-bond donors (Lipinski definition) is 0. The lowest BCUT2D eigenvalue weighted by molar-refractivity contribution is 1.23. The Labute approximate surface area is 99.3 Å². The molecule has 0 bridgehead atoms. The summed E-state index contributed by atoms with van der Waals surface area (Å²) in [5.74, 6) is 0. The van der Waals surface area contributed by atoms with E-state index in [4.69, 9.17) is 0 Å². The van der Waals surface area contributed by atoms with Crippen molar-refractivity contribution in [2.24, 2.45) is 0 Å². The van der Waals surface area contributed by atoms with Crippen LogP contribution in [-0.2, 0) is 0 Å². The van der Waals surface area contributed by atoms with E-state index >= 15 is 0 Å². The van der Waals surface area contributed by atoms with Gasteiger partial charge in [0, 0.05) is 23.1 Å². The van der Waals surface area contributed by atoms with Gasteiger partial charge in [0.25, 0.3) is 0 Å². The Balaban J connectivity index is 2.13. The lowest BCUT2D eigenvalue weighted by atomic mass is 10.2. The molecule has 0 spiro atoms. The van der Waals surface area contributed by atoms with Crippen LogP contribution in [0.3, 0.4) is 0 Å². The Morgan fingerprint density at radius 3 is 2.73 bits per heavy atom.